The Bertz CT molecular complexity index is 542. The first-order valence-corrected chi connectivity index (χ1v) is 5.39. The number of nitrogen functional groups attached to an aromatic ring is 2. The summed E-state index contributed by atoms with van der Waals surface area (Å²) >= 11 is 0.998. The average Bonchev–Trinajstić information content (AvgIpc) is 2.21. The maximum absolute atomic E-state index is 13.4. The molecule has 0 radical (unpaired) electrons. The Morgan fingerprint density at radius 1 is 1.06 bits per heavy atom. The summed E-state index contributed by atoms with van der Waals surface area (Å²) < 4.78 is 26.1. The lowest BCUT2D eigenvalue weighted by atomic mass is 10.3. The molecule has 0 aliphatic rings. The summed E-state index contributed by atoms with van der Waals surface area (Å²) in [7, 11) is 0. The number of hydrogen-bond acceptors (Lipinski definition) is 5. The van der Waals surface area contributed by atoms with E-state index in [0.29, 0.717) is 5.03 Å². The molecular weight excluding hydrogens is 246 g/mol. The van der Waals surface area contributed by atoms with Gasteiger partial charge in [0.25, 0.3) is 0 Å². The highest BCUT2D eigenvalue weighted by Crippen LogP contribution is 2.29. The Morgan fingerprint density at radius 2 is 1.82 bits per heavy atom. The lowest BCUT2D eigenvalue weighted by Gasteiger charge is -2.04. The van der Waals surface area contributed by atoms with Crippen LogP contribution in [0.4, 0.5) is 20.5 Å². The molecule has 0 bridgehead atoms. The SMILES string of the molecule is Nc1cc(Sc2ccc(F)cc2F)nc(N)n1. The third-order valence-electron chi connectivity index (χ3n) is 1.85. The number of anilines is 2. The fraction of sp³-hybridized carbons (Fsp3) is 0. The van der Waals surface area contributed by atoms with Gasteiger partial charge in [0, 0.05) is 17.0 Å². The van der Waals surface area contributed by atoms with Crippen molar-refractivity contribution in [2.45, 2.75) is 9.92 Å². The van der Waals surface area contributed by atoms with Crippen LogP contribution in [0.5, 0.6) is 0 Å². The summed E-state index contributed by atoms with van der Waals surface area (Å²) in [6.45, 7) is 0. The largest absolute Gasteiger partial charge is 0.383 e. The van der Waals surface area contributed by atoms with Gasteiger partial charge in [0.15, 0.2) is 0 Å². The van der Waals surface area contributed by atoms with Gasteiger partial charge in [0.05, 0.1) is 0 Å². The molecule has 0 amide bonds. The van der Waals surface area contributed by atoms with Crippen molar-refractivity contribution in [2.24, 2.45) is 0 Å². The Kier molecular flexibility index (Phi) is 3.10. The van der Waals surface area contributed by atoms with Gasteiger partial charge in [0.2, 0.25) is 5.95 Å². The van der Waals surface area contributed by atoms with Crippen LogP contribution in [0.2, 0.25) is 0 Å². The number of nitrogens with two attached hydrogens (primary N) is 2. The van der Waals surface area contributed by atoms with Crippen LogP contribution in [0.1, 0.15) is 0 Å². The third-order valence-corrected chi connectivity index (χ3v) is 2.82. The van der Waals surface area contributed by atoms with Gasteiger partial charge in [-0.15, -0.1) is 0 Å². The van der Waals surface area contributed by atoms with Crippen molar-refractivity contribution in [3.05, 3.63) is 35.9 Å². The molecule has 1 heterocycles. The summed E-state index contributed by atoms with van der Waals surface area (Å²) in [5.41, 5.74) is 10.9. The van der Waals surface area contributed by atoms with Gasteiger partial charge in [-0.25, -0.2) is 13.8 Å². The molecule has 0 saturated carbocycles. The third kappa shape index (κ3) is 2.82. The number of benzene rings is 1. The predicted octanol–water partition coefficient (Wildman–Crippen LogP) is 2.07. The first-order valence-electron chi connectivity index (χ1n) is 4.57. The number of halogens is 2. The van der Waals surface area contributed by atoms with Crippen LogP contribution in [0.25, 0.3) is 0 Å². The molecule has 0 spiro atoms. The standard InChI is InChI=1S/C10H8F2N4S/c11-5-1-2-7(6(12)3-5)17-9-4-8(13)15-10(14)16-9/h1-4H,(H4,13,14,15,16). The van der Waals surface area contributed by atoms with Crippen molar-refractivity contribution in [3.63, 3.8) is 0 Å². The molecule has 2 rings (SSSR count). The van der Waals surface area contributed by atoms with E-state index in [-0.39, 0.29) is 16.7 Å². The van der Waals surface area contributed by atoms with Crippen LogP contribution in [-0.4, -0.2) is 9.97 Å². The molecule has 0 atom stereocenters. The molecule has 0 fully saturated rings. The van der Waals surface area contributed by atoms with Gasteiger partial charge in [-0.3, -0.25) is 0 Å². The van der Waals surface area contributed by atoms with Crippen molar-refractivity contribution >= 4 is 23.5 Å². The Balaban J connectivity index is 2.31. The zero-order valence-corrected chi connectivity index (χ0v) is 9.34. The smallest absolute Gasteiger partial charge is 0.223 e. The second-order valence-electron chi connectivity index (χ2n) is 3.17. The van der Waals surface area contributed by atoms with Crippen LogP contribution in [0.15, 0.2) is 34.2 Å². The highest BCUT2D eigenvalue weighted by molar-refractivity contribution is 7.99. The quantitative estimate of drug-likeness (QED) is 0.802. The van der Waals surface area contributed by atoms with E-state index >= 15 is 0 Å². The molecular formula is C10H8F2N4S. The van der Waals surface area contributed by atoms with Crippen LogP contribution >= 0.6 is 11.8 Å². The maximum Gasteiger partial charge on any atom is 0.223 e. The monoisotopic (exact) mass is 254 g/mol. The topological polar surface area (TPSA) is 77.8 Å². The number of rotatable bonds is 2. The lowest BCUT2D eigenvalue weighted by molar-refractivity contribution is 0.565. The van der Waals surface area contributed by atoms with Gasteiger partial charge in [-0.2, -0.15) is 4.98 Å². The van der Waals surface area contributed by atoms with Crippen molar-refractivity contribution in [2.75, 3.05) is 11.5 Å². The minimum absolute atomic E-state index is 0.00928. The molecule has 1 aromatic carbocycles. The molecule has 0 aliphatic carbocycles. The molecule has 4 N–H and O–H groups in total. The maximum atomic E-state index is 13.4. The average molecular weight is 254 g/mol. The lowest BCUT2D eigenvalue weighted by Crippen LogP contribution is -2.00. The summed E-state index contributed by atoms with van der Waals surface area (Å²) in [5, 5.41) is 0.403. The molecule has 88 valence electrons. The fourth-order valence-electron chi connectivity index (χ4n) is 1.18. The van der Waals surface area contributed by atoms with Crippen molar-refractivity contribution in [3.8, 4) is 0 Å². The van der Waals surface area contributed by atoms with Crippen molar-refractivity contribution < 1.29 is 8.78 Å². The molecule has 0 aliphatic heterocycles. The van der Waals surface area contributed by atoms with Crippen molar-refractivity contribution in [1.82, 2.24) is 9.97 Å². The first-order chi connectivity index (χ1) is 8.04. The van der Waals surface area contributed by atoms with Crippen LogP contribution < -0.4 is 11.5 Å². The molecule has 4 nitrogen and oxygen atoms in total. The van der Waals surface area contributed by atoms with Gasteiger partial charge in [-0.05, 0) is 12.1 Å². The van der Waals surface area contributed by atoms with E-state index in [1.165, 1.54) is 18.2 Å². The second-order valence-corrected chi connectivity index (χ2v) is 4.23. The second kappa shape index (κ2) is 4.54. The molecule has 17 heavy (non-hydrogen) atoms. The number of hydrogen-bond donors (Lipinski definition) is 2. The minimum Gasteiger partial charge on any atom is -0.383 e. The van der Waals surface area contributed by atoms with Gasteiger partial charge < -0.3 is 11.5 Å². The summed E-state index contributed by atoms with van der Waals surface area (Å²) in [6, 6.07) is 4.75. The molecule has 7 heteroatoms. The van der Waals surface area contributed by atoms with Crippen LogP contribution in [0, 0.1) is 11.6 Å². The van der Waals surface area contributed by atoms with E-state index in [1.54, 1.807) is 0 Å². The molecule has 1 aromatic heterocycles. The zero-order valence-electron chi connectivity index (χ0n) is 8.52. The Labute approximate surface area is 100 Å². The highest BCUT2D eigenvalue weighted by Gasteiger charge is 2.08. The molecule has 2 aromatic rings. The first kappa shape index (κ1) is 11.6. The number of nitrogens with zero attached hydrogens (tertiary/aromatic N) is 2. The van der Waals surface area contributed by atoms with E-state index in [1.807, 2.05) is 0 Å². The Hall–Kier alpha value is -1.89. The van der Waals surface area contributed by atoms with Crippen LogP contribution in [-0.2, 0) is 0 Å². The summed E-state index contributed by atoms with van der Waals surface area (Å²) in [6.07, 6.45) is 0. The van der Waals surface area contributed by atoms with Gasteiger partial charge >= 0.3 is 0 Å². The van der Waals surface area contributed by atoms with E-state index in [9.17, 15) is 8.78 Å². The minimum atomic E-state index is -0.661. The molecule has 0 unspecified atom stereocenters. The fourth-order valence-corrected chi connectivity index (χ4v) is 2.02. The van der Waals surface area contributed by atoms with Gasteiger partial charge in [0.1, 0.15) is 22.5 Å². The normalized spacial score (nSPS) is 10.5. The van der Waals surface area contributed by atoms with E-state index in [2.05, 4.69) is 9.97 Å². The Morgan fingerprint density at radius 3 is 2.47 bits per heavy atom. The predicted molar refractivity (Wildman–Crippen MR) is 61.3 cm³/mol. The van der Waals surface area contributed by atoms with Crippen LogP contribution in [0.3, 0.4) is 0 Å². The van der Waals surface area contributed by atoms with Crippen molar-refractivity contribution in [1.29, 1.82) is 0 Å². The highest BCUT2D eigenvalue weighted by atomic mass is 32.2. The summed E-state index contributed by atoms with van der Waals surface area (Å²) in [5.74, 6) is -1.09. The molecule has 0 saturated heterocycles. The zero-order chi connectivity index (χ0) is 12.4. The van der Waals surface area contributed by atoms with Gasteiger partial charge in [-0.1, -0.05) is 11.8 Å². The van der Waals surface area contributed by atoms with E-state index in [0.717, 1.165) is 17.8 Å². The van der Waals surface area contributed by atoms with E-state index < -0.39 is 11.6 Å². The summed E-state index contributed by atoms with van der Waals surface area (Å²) in [4.78, 5) is 7.81. The number of aromatic nitrogens is 2. The van der Waals surface area contributed by atoms with E-state index in [4.69, 9.17) is 11.5 Å².